The minimum Gasteiger partial charge on any atom is -0.0885 e. The van der Waals surface area contributed by atoms with E-state index < -0.39 is 0 Å². The van der Waals surface area contributed by atoms with Crippen LogP contribution in [0.3, 0.4) is 0 Å². The molecule has 0 heterocycles. The van der Waals surface area contributed by atoms with Gasteiger partial charge in [-0.05, 0) is 159 Å². The number of rotatable bonds is 7. The molecular weight excluding hydrogens is 1010 g/mol. The SMILES string of the molecule is C1=CCCCC1.C1CCC(C2CCCCC2)CC1.[C+]1=CC=C(c2ccccc2)C=C1.c1cc(C2CCCCC2)cc(C2CCCCC2)c1.c1ccc(C2CCCCC2)cc1.c1ccc(C2CCCCC2)cc1.c1ccc(C2CC[CH+]CC2)cc1. The van der Waals surface area contributed by atoms with Gasteiger partial charge in [-0.3, -0.25) is 0 Å². The summed E-state index contributed by atoms with van der Waals surface area (Å²) in [6, 6.07) is 52.8. The average molecular weight is 1120 g/mol. The third kappa shape index (κ3) is 24.3. The first-order valence-corrected chi connectivity index (χ1v) is 35.5. The fourth-order valence-electron chi connectivity index (χ4n) is 15.4. The fourth-order valence-corrected chi connectivity index (χ4v) is 15.4. The first-order chi connectivity index (χ1) is 41.8. The van der Waals surface area contributed by atoms with Gasteiger partial charge in [-0.1, -0.05) is 299 Å². The Morgan fingerprint density at radius 1 is 0.298 bits per heavy atom. The lowest BCUT2D eigenvalue weighted by Crippen LogP contribution is -2.20. The van der Waals surface area contributed by atoms with Crippen molar-refractivity contribution >= 4 is 5.57 Å². The molecular formula is C84H114+2. The molecule has 5 aromatic rings. The molecule has 7 fully saturated rings. The van der Waals surface area contributed by atoms with Crippen LogP contribution in [-0.4, -0.2) is 0 Å². The van der Waals surface area contributed by atoms with Gasteiger partial charge in [-0.25, -0.2) is 0 Å². The van der Waals surface area contributed by atoms with Crippen molar-refractivity contribution < 1.29 is 0 Å². The standard InChI is InChI=1S/C18H26.C12H22.2C12H16.C12H15.C12H9.C6H10/c1-3-8-15(9-4-1)17-12-7-13-18(14-17)16-10-5-2-6-11-16;5*1-3-7-11(8-4-1)12-9-5-2-6-10-12;1-2-4-6-5-3-1/h7,12-16H,1-6,8-11H2;11-12H,1-10H2;2*1,3-4,7-8,12H,2,5-6,9-10H2;1-4,7-8,12H,5-6,9-10H2;1,3-10H;1-2H,3-6H2/q;;;;2*+1;. The van der Waals surface area contributed by atoms with Crippen LogP contribution in [0.1, 0.15) is 307 Å². The third-order valence-corrected chi connectivity index (χ3v) is 20.5. The van der Waals surface area contributed by atoms with Crippen molar-refractivity contribution in [3.05, 3.63) is 228 Å². The fraction of sp³-hybridized carbons (Fsp3) is 0.536. The highest BCUT2D eigenvalue weighted by molar-refractivity contribution is 5.76. The van der Waals surface area contributed by atoms with E-state index in [0.717, 1.165) is 41.4 Å². The Morgan fingerprint density at radius 2 is 0.619 bits per heavy atom. The highest BCUT2D eigenvalue weighted by atomic mass is 14.3. The third-order valence-electron chi connectivity index (χ3n) is 20.5. The van der Waals surface area contributed by atoms with E-state index in [4.69, 9.17) is 0 Å². The second-order valence-electron chi connectivity index (χ2n) is 26.6. The highest BCUT2D eigenvalue weighted by Crippen LogP contribution is 2.40. The molecule has 0 amide bonds. The molecule has 0 atom stereocenters. The molecule has 0 radical (unpaired) electrons. The minimum absolute atomic E-state index is 0.830. The van der Waals surface area contributed by atoms with Gasteiger partial charge in [0.25, 0.3) is 0 Å². The first kappa shape index (κ1) is 64.8. The monoisotopic (exact) mass is 1120 g/mol. The van der Waals surface area contributed by atoms with Gasteiger partial charge in [0, 0.05) is 11.6 Å². The van der Waals surface area contributed by atoms with Crippen molar-refractivity contribution in [2.45, 2.75) is 274 Å². The van der Waals surface area contributed by atoms with Crippen molar-refractivity contribution in [3.8, 4) is 0 Å². The van der Waals surface area contributed by atoms with E-state index in [0.29, 0.717) is 0 Å². The number of allylic oxidation sites excluding steroid dienone is 8. The summed E-state index contributed by atoms with van der Waals surface area (Å²) in [4.78, 5) is 0. The van der Waals surface area contributed by atoms with Crippen molar-refractivity contribution in [2.75, 3.05) is 0 Å². The zero-order chi connectivity index (χ0) is 57.6. The minimum atomic E-state index is 0.830. The summed E-state index contributed by atoms with van der Waals surface area (Å²) in [7, 11) is 0. The molecule has 0 heteroatoms. The van der Waals surface area contributed by atoms with Crippen molar-refractivity contribution in [1.29, 1.82) is 0 Å². The van der Waals surface area contributed by atoms with Crippen LogP contribution in [-0.2, 0) is 0 Å². The summed E-state index contributed by atoms with van der Waals surface area (Å²) in [5.74, 6) is 6.55. The van der Waals surface area contributed by atoms with Crippen LogP contribution < -0.4 is 0 Å². The molecule has 9 aliphatic carbocycles. The Bertz CT molecular complexity index is 2320. The second kappa shape index (κ2) is 40.3. The lowest BCUT2D eigenvalue weighted by molar-refractivity contribution is 0.196. The molecule has 0 aliphatic heterocycles. The zero-order valence-corrected chi connectivity index (χ0v) is 52.8. The molecule has 448 valence electrons. The maximum absolute atomic E-state index is 3.00. The van der Waals surface area contributed by atoms with Crippen molar-refractivity contribution in [1.82, 2.24) is 0 Å². The predicted molar refractivity (Wildman–Crippen MR) is 367 cm³/mol. The quantitative estimate of drug-likeness (QED) is 0.113. The van der Waals surface area contributed by atoms with Crippen LogP contribution in [0.4, 0.5) is 0 Å². The topological polar surface area (TPSA) is 0 Å². The van der Waals surface area contributed by atoms with E-state index in [9.17, 15) is 0 Å². The van der Waals surface area contributed by atoms with E-state index in [1.807, 2.05) is 30.4 Å². The number of benzene rings is 5. The van der Waals surface area contributed by atoms with Gasteiger partial charge in [0.05, 0.1) is 37.0 Å². The summed E-state index contributed by atoms with van der Waals surface area (Å²) in [6.07, 6.45) is 72.7. The van der Waals surface area contributed by atoms with Gasteiger partial charge in [-0.15, -0.1) is 0 Å². The Hall–Kier alpha value is -5.16. The molecule has 14 rings (SSSR count). The molecule has 7 saturated carbocycles. The van der Waals surface area contributed by atoms with Crippen LogP contribution in [0, 0.1) is 24.3 Å². The van der Waals surface area contributed by atoms with Crippen LogP contribution in [0.2, 0.25) is 0 Å². The normalized spacial score (nSPS) is 20.8. The first-order valence-electron chi connectivity index (χ1n) is 35.5. The predicted octanol–water partition coefficient (Wildman–Crippen LogP) is 26.1. The lowest BCUT2D eigenvalue weighted by atomic mass is 9.73. The van der Waals surface area contributed by atoms with E-state index in [-0.39, 0.29) is 0 Å². The van der Waals surface area contributed by atoms with E-state index >= 15 is 0 Å². The van der Waals surface area contributed by atoms with Crippen LogP contribution in [0.5, 0.6) is 0 Å². The molecule has 0 nitrogen and oxygen atoms in total. The maximum atomic E-state index is 3.00. The maximum Gasteiger partial charge on any atom is 0.103 e. The average Bonchev–Trinajstić information content (AvgIpc) is 3.75. The molecule has 0 spiro atoms. The van der Waals surface area contributed by atoms with Gasteiger partial charge in [-0.2, -0.15) is 0 Å². The van der Waals surface area contributed by atoms with Gasteiger partial charge < -0.3 is 0 Å². The van der Waals surface area contributed by atoms with Crippen LogP contribution in [0.25, 0.3) is 5.57 Å². The smallest absolute Gasteiger partial charge is 0.0885 e. The van der Waals surface area contributed by atoms with Gasteiger partial charge in [0.15, 0.2) is 0 Å². The largest absolute Gasteiger partial charge is 0.103 e. The summed E-state index contributed by atoms with van der Waals surface area (Å²) in [6.45, 7) is 0. The summed E-state index contributed by atoms with van der Waals surface area (Å²) >= 11 is 0. The lowest BCUT2D eigenvalue weighted by Gasteiger charge is -2.32. The molecule has 5 aromatic carbocycles. The second-order valence-corrected chi connectivity index (χ2v) is 26.6. The Morgan fingerprint density at radius 3 is 0.952 bits per heavy atom. The molecule has 84 heavy (non-hydrogen) atoms. The van der Waals surface area contributed by atoms with Crippen molar-refractivity contribution in [2.24, 2.45) is 11.8 Å². The van der Waals surface area contributed by atoms with E-state index in [1.165, 1.54) is 235 Å². The zero-order valence-electron chi connectivity index (χ0n) is 52.8. The molecule has 0 aromatic heterocycles. The summed E-state index contributed by atoms with van der Waals surface area (Å²) in [5, 5.41) is 0. The van der Waals surface area contributed by atoms with Crippen LogP contribution >= 0.6 is 0 Å². The summed E-state index contributed by atoms with van der Waals surface area (Å²) < 4.78 is 0. The van der Waals surface area contributed by atoms with Crippen molar-refractivity contribution in [3.63, 3.8) is 0 Å². The Labute approximate surface area is 516 Å². The number of hydrogen-bond donors (Lipinski definition) is 0. The highest BCUT2D eigenvalue weighted by Gasteiger charge is 2.25. The Balaban J connectivity index is 0.000000130. The van der Waals surface area contributed by atoms with Crippen LogP contribution in [0.15, 0.2) is 182 Å². The molecule has 9 aliphatic rings. The van der Waals surface area contributed by atoms with Gasteiger partial charge in [0.1, 0.15) is 12.2 Å². The van der Waals surface area contributed by atoms with Gasteiger partial charge >= 0.3 is 0 Å². The Kier molecular flexibility index (Phi) is 31.1. The molecule has 0 saturated heterocycles. The molecule has 0 N–H and O–H groups in total. The molecule has 0 bridgehead atoms. The van der Waals surface area contributed by atoms with E-state index in [1.54, 1.807) is 47.9 Å². The summed E-state index contributed by atoms with van der Waals surface area (Å²) in [5.41, 5.74) is 10.4. The molecule has 0 unspecified atom stereocenters. The van der Waals surface area contributed by atoms with E-state index in [2.05, 4.69) is 164 Å². The van der Waals surface area contributed by atoms with Gasteiger partial charge in [0.2, 0.25) is 0 Å². The number of hydrogen-bond acceptors (Lipinski definition) is 0.